The third-order valence-corrected chi connectivity index (χ3v) is 4.92. The second kappa shape index (κ2) is 4.67. The Bertz CT molecular complexity index is 422. The van der Waals surface area contributed by atoms with Gasteiger partial charge in [0.15, 0.2) is 0 Å². The van der Waals surface area contributed by atoms with Crippen molar-refractivity contribution in [3.63, 3.8) is 0 Å². The molecule has 2 aliphatic rings. The van der Waals surface area contributed by atoms with Gasteiger partial charge in [-0.15, -0.1) is 0 Å². The van der Waals surface area contributed by atoms with Gasteiger partial charge in [0.05, 0.1) is 6.10 Å². The van der Waals surface area contributed by atoms with Crippen LogP contribution < -0.4 is 0 Å². The van der Waals surface area contributed by atoms with Crippen molar-refractivity contribution in [1.82, 2.24) is 4.90 Å². The van der Waals surface area contributed by atoms with E-state index in [4.69, 9.17) is 0 Å². The molecule has 1 saturated heterocycles. The fourth-order valence-corrected chi connectivity index (χ4v) is 3.78. The molecule has 1 heterocycles. The van der Waals surface area contributed by atoms with Crippen LogP contribution in [0.3, 0.4) is 0 Å². The van der Waals surface area contributed by atoms with Gasteiger partial charge in [-0.25, -0.2) is 0 Å². The van der Waals surface area contributed by atoms with E-state index in [1.807, 2.05) is 0 Å². The summed E-state index contributed by atoms with van der Waals surface area (Å²) in [6, 6.07) is 6.54. The molecule has 0 spiro atoms. The van der Waals surface area contributed by atoms with Crippen molar-refractivity contribution < 1.29 is 5.11 Å². The van der Waals surface area contributed by atoms with E-state index in [-0.39, 0.29) is 6.10 Å². The third kappa shape index (κ3) is 2.08. The molecule has 2 heteroatoms. The van der Waals surface area contributed by atoms with Crippen LogP contribution in [-0.2, 0) is 6.54 Å². The molecule has 0 radical (unpaired) electrons. The number of aliphatic hydroxyl groups is 1. The van der Waals surface area contributed by atoms with Gasteiger partial charge in [0.2, 0.25) is 0 Å². The molecule has 18 heavy (non-hydrogen) atoms. The maximum atomic E-state index is 9.97. The van der Waals surface area contributed by atoms with Gasteiger partial charge in [0, 0.05) is 25.6 Å². The summed E-state index contributed by atoms with van der Waals surface area (Å²) in [5.41, 5.74) is 4.27. The summed E-state index contributed by atoms with van der Waals surface area (Å²) in [5, 5.41) is 9.97. The number of hydrogen-bond donors (Lipinski definition) is 1. The molecule has 3 atom stereocenters. The van der Waals surface area contributed by atoms with E-state index in [9.17, 15) is 5.11 Å². The summed E-state index contributed by atoms with van der Waals surface area (Å²) >= 11 is 0. The minimum Gasteiger partial charge on any atom is -0.393 e. The second-order valence-corrected chi connectivity index (χ2v) is 6.13. The lowest BCUT2D eigenvalue weighted by molar-refractivity contribution is 0.123. The Morgan fingerprint density at radius 3 is 2.56 bits per heavy atom. The van der Waals surface area contributed by atoms with Crippen molar-refractivity contribution in [1.29, 1.82) is 0 Å². The Morgan fingerprint density at radius 1 is 1.17 bits per heavy atom. The molecular weight excluding hydrogens is 222 g/mol. The molecule has 98 valence electrons. The first-order valence-corrected chi connectivity index (χ1v) is 7.10. The van der Waals surface area contributed by atoms with E-state index < -0.39 is 0 Å². The van der Waals surface area contributed by atoms with Crippen molar-refractivity contribution in [2.75, 3.05) is 13.1 Å². The average Bonchev–Trinajstić information content (AvgIpc) is 2.87. The van der Waals surface area contributed by atoms with Crippen LogP contribution in [0.2, 0.25) is 0 Å². The van der Waals surface area contributed by atoms with Crippen LogP contribution >= 0.6 is 0 Å². The van der Waals surface area contributed by atoms with E-state index in [2.05, 4.69) is 36.9 Å². The average molecular weight is 245 g/mol. The largest absolute Gasteiger partial charge is 0.393 e. The van der Waals surface area contributed by atoms with Crippen molar-refractivity contribution in [3.05, 3.63) is 34.9 Å². The Labute approximate surface area is 110 Å². The van der Waals surface area contributed by atoms with Crippen LogP contribution in [-0.4, -0.2) is 29.2 Å². The van der Waals surface area contributed by atoms with Crippen LogP contribution in [0.25, 0.3) is 0 Å². The number of rotatable bonds is 2. The summed E-state index contributed by atoms with van der Waals surface area (Å²) in [6.07, 6.45) is 2.19. The highest BCUT2D eigenvalue weighted by Gasteiger charge is 2.41. The van der Waals surface area contributed by atoms with Crippen LogP contribution in [0.15, 0.2) is 18.2 Å². The predicted molar refractivity (Wildman–Crippen MR) is 73.4 cm³/mol. The normalized spacial score (nSPS) is 31.8. The first-order valence-electron chi connectivity index (χ1n) is 7.10. The molecule has 1 aromatic rings. The van der Waals surface area contributed by atoms with E-state index in [1.54, 1.807) is 0 Å². The van der Waals surface area contributed by atoms with Crippen LogP contribution in [0.1, 0.15) is 29.5 Å². The SMILES string of the molecule is Cc1cccc(C)c1CN1CC2CCC(O)C2C1. The molecule has 0 aromatic heterocycles. The topological polar surface area (TPSA) is 23.5 Å². The lowest BCUT2D eigenvalue weighted by atomic mass is 10.00. The van der Waals surface area contributed by atoms with Crippen LogP contribution in [0, 0.1) is 25.7 Å². The van der Waals surface area contributed by atoms with Gasteiger partial charge in [0.1, 0.15) is 0 Å². The van der Waals surface area contributed by atoms with E-state index in [0.717, 1.165) is 25.4 Å². The summed E-state index contributed by atoms with van der Waals surface area (Å²) in [5.74, 6) is 1.28. The van der Waals surface area contributed by atoms with E-state index in [0.29, 0.717) is 5.92 Å². The predicted octanol–water partition coefficient (Wildman–Crippen LogP) is 2.51. The lowest BCUT2D eigenvalue weighted by Gasteiger charge is -2.20. The van der Waals surface area contributed by atoms with Crippen molar-refractivity contribution >= 4 is 0 Å². The number of aliphatic hydroxyl groups excluding tert-OH is 1. The fourth-order valence-electron chi connectivity index (χ4n) is 3.78. The molecule has 0 amide bonds. The van der Waals surface area contributed by atoms with Gasteiger partial charge >= 0.3 is 0 Å². The van der Waals surface area contributed by atoms with Crippen molar-refractivity contribution in [2.45, 2.75) is 39.3 Å². The fraction of sp³-hybridized carbons (Fsp3) is 0.625. The number of fused-ring (bicyclic) bond motifs is 1. The standard InChI is InChI=1S/C16H23NO/c1-11-4-3-5-12(2)14(11)9-17-8-13-6-7-16(18)15(13)10-17/h3-5,13,15-16,18H,6-10H2,1-2H3. The van der Waals surface area contributed by atoms with Gasteiger partial charge in [-0.3, -0.25) is 4.90 Å². The monoisotopic (exact) mass is 245 g/mol. The summed E-state index contributed by atoms with van der Waals surface area (Å²) < 4.78 is 0. The highest BCUT2D eigenvalue weighted by Crippen LogP contribution is 2.38. The third-order valence-electron chi connectivity index (χ3n) is 4.92. The molecule has 0 bridgehead atoms. The molecule has 1 saturated carbocycles. The Kier molecular flexibility index (Phi) is 3.16. The Hall–Kier alpha value is -0.860. The Balaban J connectivity index is 1.72. The zero-order chi connectivity index (χ0) is 12.7. The minimum atomic E-state index is -0.0435. The molecule has 1 aliphatic heterocycles. The van der Waals surface area contributed by atoms with Crippen LogP contribution in [0.4, 0.5) is 0 Å². The molecule has 2 nitrogen and oxygen atoms in total. The maximum absolute atomic E-state index is 9.97. The van der Waals surface area contributed by atoms with Gasteiger partial charge in [-0.05, 0) is 49.3 Å². The maximum Gasteiger partial charge on any atom is 0.0583 e. The highest BCUT2D eigenvalue weighted by atomic mass is 16.3. The number of aryl methyl sites for hydroxylation is 2. The smallest absolute Gasteiger partial charge is 0.0583 e. The van der Waals surface area contributed by atoms with Gasteiger partial charge in [0.25, 0.3) is 0 Å². The quantitative estimate of drug-likeness (QED) is 0.865. The molecule has 3 unspecified atom stereocenters. The number of nitrogens with zero attached hydrogens (tertiary/aromatic N) is 1. The molecule has 3 rings (SSSR count). The van der Waals surface area contributed by atoms with E-state index >= 15 is 0 Å². The summed E-state index contributed by atoms with van der Waals surface area (Å²) in [6.45, 7) is 7.72. The summed E-state index contributed by atoms with van der Waals surface area (Å²) in [4.78, 5) is 2.53. The molecule has 2 fully saturated rings. The molecule has 1 aromatic carbocycles. The second-order valence-electron chi connectivity index (χ2n) is 6.13. The lowest BCUT2D eigenvalue weighted by Crippen LogP contribution is -2.25. The molecular formula is C16H23NO. The molecule has 1 N–H and O–H groups in total. The van der Waals surface area contributed by atoms with E-state index in [1.165, 1.54) is 29.7 Å². The zero-order valence-electron chi connectivity index (χ0n) is 11.4. The first kappa shape index (κ1) is 12.2. The van der Waals surface area contributed by atoms with Gasteiger partial charge in [-0.1, -0.05) is 18.2 Å². The van der Waals surface area contributed by atoms with Gasteiger partial charge < -0.3 is 5.11 Å². The molecule has 1 aliphatic carbocycles. The number of benzene rings is 1. The highest BCUT2D eigenvalue weighted by molar-refractivity contribution is 5.33. The zero-order valence-corrected chi connectivity index (χ0v) is 11.4. The van der Waals surface area contributed by atoms with Gasteiger partial charge in [-0.2, -0.15) is 0 Å². The van der Waals surface area contributed by atoms with Crippen molar-refractivity contribution in [3.8, 4) is 0 Å². The minimum absolute atomic E-state index is 0.0435. The Morgan fingerprint density at radius 2 is 1.89 bits per heavy atom. The van der Waals surface area contributed by atoms with Crippen molar-refractivity contribution in [2.24, 2.45) is 11.8 Å². The number of likely N-dealkylation sites (tertiary alicyclic amines) is 1. The summed E-state index contributed by atoms with van der Waals surface area (Å²) in [7, 11) is 0. The first-order chi connectivity index (χ1) is 8.65. The van der Waals surface area contributed by atoms with Crippen LogP contribution in [0.5, 0.6) is 0 Å². The number of hydrogen-bond acceptors (Lipinski definition) is 2.